The molecule has 1 aromatic carbocycles. The van der Waals surface area contributed by atoms with Crippen LogP contribution in [0.1, 0.15) is 27.7 Å². The van der Waals surface area contributed by atoms with Crippen molar-refractivity contribution in [1.82, 2.24) is 34.4 Å². The summed E-state index contributed by atoms with van der Waals surface area (Å²) < 4.78 is 1.96. The van der Waals surface area contributed by atoms with Crippen molar-refractivity contribution in [2.75, 3.05) is 23.7 Å². The maximum absolute atomic E-state index is 4.73. The minimum Gasteiger partial charge on any atom is -0.367 e. The lowest BCUT2D eigenvalue weighted by Crippen LogP contribution is -2.40. The molecule has 0 aliphatic heterocycles. The zero-order chi connectivity index (χ0) is 22.5. The highest BCUT2D eigenvalue weighted by molar-refractivity contribution is 5.85. The van der Waals surface area contributed by atoms with Crippen molar-refractivity contribution in [3.8, 4) is 5.69 Å². The second-order valence-corrected chi connectivity index (χ2v) is 8.09. The molecule has 9 nitrogen and oxygen atoms in total. The summed E-state index contributed by atoms with van der Waals surface area (Å²) >= 11 is 0. The number of imidazole rings is 1. The number of aromatic nitrogens is 6. The maximum atomic E-state index is 4.73. The van der Waals surface area contributed by atoms with Gasteiger partial charge in [0.25, 0.3) is 0 Å². The third-order valence-corrected chi connectivity index (χ3v) is 5.22. The number of fused-ring (bicyclic) bond motifs is 1. The second-order valence-electron chi connectivity index (χ2n) is 8.09. The fourth-order valence-electron chi connectivity index (χ4n) is 3.75. The van der Waals surface area contributed by atoms with Gasteiger partial charge >= 0.3 is 0 Å². The van der Waals surface area contributed by atoms with Crippen LogP contribution in [0, 0.1) is 0 Å². The molecule has 0 amide bonds. The maximum Gasteiger partial charge on any atom is 0.232 e. The van der Waals surface area contributed by atoms with Crippen LogP contribution in [-0.2, 0) is 0 Å². The lowest BCUT2D eigenvalue weighted by atomic mass is 10.2. The Labute approximate surface area is 188 Å². The molecule has 2 N–H and O–H groups in total. The standard InChI is InChI=1S/C23H29N9/c1-16(2)31(17(3)4)13-12-26-21-20-22(32(15-27-20)18-8-6-5-7-9-18)30-23(29-21)28-19-14-24-10-11-25-19/h5-11,14-17H,12-13H2,1-4H3,(H2,25,26,28,29,30). The number of hydrogen-bond acceptors (Lipinski definition) is 8. The zero-order valence-electron chi connectivity index (χ0n) is 18.9. The van der Waals surface area contributed by atoms with Gasteiger partial charge in [-0.2, -0.15) is 9.97 Å². The molecule has 166 valence electrons. The van der Waals surface area contributed by atoms with Gasteiger partial charge in [0.1, 0.15) is 6.33 Å². The molecule has 0 fully saturated rings. The second kappa shape index (κ2) is 9.69. The average Bonchev–Trinajstić information content (AvgIpc) is 3.21. The van der Waals surface area contributed by atoms with E-state index in [0.29, 0.717) is 35.3 Å². The van der Waals surface area contributed by atoms with Gasteiger partial charge in [-0.1, -0.05) is 18.2 Å². The summed E-state index contributed by atoms with van der Waals surface area (Å²) in [7, 11) is 0. The molecule has 0 saturated heterocycles. The van der Waals surface area contributed by atoms with E-state index >= 15 is 0 Å². The zero-order valence-corrected chi connectivity index (χ0v) is 18.9. The van der Waals surface area contributed by atoms with Gasteiger partial charge < -0.3 is 10.6 Å². The molecule has 0 unspecified atom stereocenters. The van der Waals surface area contributed by atoms with E-state index in [4.69, 9.17) is 9.97 Å². The Hall–Kier alpha value is -3.59. The van der Waals surface area contributed by atoms with Crippen LogP contribution >= 0.6 is 0 Å². The molecule has 4 rings (SSSR count). The Bertz CT molecular complexity index is 1130. The number of benzene rings is 1. The Morgan fingerprint density at radius 1 is 0.969 bits per heavy atom. The summed E-state index contributed by atoms with van der Waals surface area (Å²) in [6, 6.07) is 11.0. The lowest BCUT2D eigenvalue weighted by Gasteiger charge is -2.30. The van der Waals surface area contributed by atoms with Crippen molar-refractivity contribution >= 4 is 28.7 Å². The van der Waals surface area contributed by atoms with Crippen molar-refractivity contribution in [2.24, 2.45) is 0 Å². The van der Waals surface area contributed by atoms with Gasteiger partial charge in [0.15, 0.2) is 22.8 Å². The molecule has 3 heterocycles. The minimum atomic E-state index is 0.433. The van der Waals surface area contributed by atoms with Crippen LogP contribution in [0.25, 0.3) is 16.9 Å². The monoisotopic (exact) mass is 431 g/mol. The fraction of sp³-hybridized carbons (Fsp3) is 0.348. The summed E-state index contributed by atoms with van der Waals surface area (Å²) in [5, 5.41) is 6.63. The molecule has 0 radical (unpaired) electrons. The normalized spacial score (nSPS) is 11.6. The summed E-state index contributed by atoms with van der Waals surface area (Å²) in [4.78, 5) is 24.9. The first-order valence-electron chi connectivity index (χ1n) is 10.9. The van der Waals surface area contributed by atoms with Crippen LogP contribution in [-0.4, -0.2) is 59.6 Å². The third kappa shape index (κ3) is 4.83. The molecule has 0 atom stereocenters. The van der Waals surface area contributed by atoms with E-state index < -0.39 is 0 Å². The Morgan fingerprint density at radius 3 is 2.44 bits per heavy atom. The van der Waals surface area contributed by atoms with Crippen molar-refractivity contribution in [2.45, 2.75) is 39.8 Å². The Morgan fingerprint density at radius 2 is 1.75 bits per heavy atom. The molecule has 3 aromatic heterocycles. The molecule has 9 heteroatoms. The average molecular weight is 432 g/mol. The van der Waals surface area contributed by atoms with Gasteiger partial charge in [-0.15, -0.1) is 0 Å². The predicted molar refractivity (Wildman–Crippen MR) is 127 cm³/mol. The molecule has 0 aliphatic carbocycles. The number of rotatable bonds is 9. The van der Waals surface area contributed by atoms with Crippen LogP contribution in [0.2, 0.25) is 0 Å². The number of nitrogens with one attached hydrogen (secondary N) is 2. The molecular formula is C23H29N9. The van der Waals surface area contributed by atoms with E-state index in [2.05, 4.69) is 58.2 Å². The van der Waals surface area contributed by atoms with Gasteiger partial charge in [-0.25, -0.2) is 9.97 Å². The summed E-state index contributed by atoms with van der Waals surface area (Å²) in [5.74, 6) is 1.70. The fourth-order valence-corrected chi connectivity index (χ4v) is 3.75. The van der Waals surface area contributed by atoms with Crippen LogP contribution in [0.4, 0.5) is 17.6 Å². The van der Waals surface area contributed by atoms with E-state index in [9.17, 15) is 0 Å². The van der Waals surface area contributed by atoms with E-state index in [-0.39, 0.29) is 0 Å². The molecule has 0 saturated carbocycles. The molecular weight excluding hydrogens is 402 g/mol. The van der Waals surface area contributed by atoms with Crippen LogP contribution in [0.5, 0.6) is 0 Å². The molecule has 4 aromatic rings. The largest absolute Gasteiger partial charge is 0.367 e. The van der Waals surface area contributed by atoms with Crippen LogP contribution < -0.4 is 10.6 Å². The lowest BCUT2D eigenvalue weighted by molar-refractivity contribution is 0.182. The first kappa shape index (κ1) is 21.6. The summed E-state index contributed by atoms with van der Waals surface area (Å²) in [6.07, 6.45) is 6.67. The number of anilines is 3. The number of para-hydroxylation sites is 1. The summed E-state index contributed by atoms with van der Waals surface area (Å²) in [5.41, 5.74) is 2.42. The topological polar surface area (TPSA) is 96.7 Å². The Balaban J connectivity index is 1.67. The smallest absolute Gasteiger partial charge is 0.232 e. The predicted octanol–water partition coefficient (Wildman–Crippen LogP) is 3.88. The first-order chi connectivity index (χ1) is 15.5. The minimum absolute atomic E-state index is 0.433. The summed E-state index contributed by atoms with van der Waals surface area (Å²) in [6.45, 7) is 10.5. The highest BCUT2D eigenvalue weighted by Gasteiger charge is 2.16. The molecule has 0 spiro atoms. The van der Waals surface area contributed by atoms with Crippen molar-refractivity contribution in [3.05, 3.63) is 55.2 Å². The van der Waals surface area contributed by atoms with Crippen molar-refractivity contribution in [1.29, 1.82) is 0 Å². The highest BCUT2D eigenvalue weighted by atomic mass is 15.2. The van der Waals surface area contributed by atoms with E-state index in [0.717, 1.165) is 24.3 Å². The van der Waals surface area contributed by atoms with Crippen LogP contribution in [0.15, 0.2) is 55.2 Å². The van der Waals surface area contributed by atoms with Gasteiger partial charge in [-0.05, 0) is 39.8 Å². The van der Waals surface area contributed by atoms with Crippen molar-refractivity contribution < 1.29 is 0 Å². The molecule has 0 bridgehead atoms. The molecule has 32 heavy (non-hydrogen) atoms. The SMILES string of the molecule is CC(C)N(CCNc1nc(Nc2cnccn2)nc2c1ncn2-c1ccccc1)C(C)C. The van der Waals surface area contributed by atoms with E-state index in [1.54, 1.807) is 24.9 Å². The highest BCUT2D eigenvalue weighted by Crippen LogP contribution is 2.24. The van der Waals surface area contributed by atoms with Gasteiger partial charge in [-0.3, -0.25) is 14.5 Å². The quantitative estimate of drug-likeness (QED) is 0.412. The number of hydrogen-bond donors (Lipinski definition) is 2. The van der Waals surface area contributed by atoms with Gasteiger partial charge in [0.05, 0.1) is 6.20 Å². The molecule has 0 aliphatic rings. The van der Waals surface area contributed by atoms with Gasteiger partial charge in [0.2, 0.25) is 5.95 Å². The Kier molecular flexibility index (Phi) is 6.55. The van der Waals surface area contributed by atoms with E-state index in [1.165, 1.54) is 0 Å². The first-order valence-corrected chi connectivity index (χ1v) is 10.9. The van der Waals surface area contributed by atoms with Crippen molar-refractivity contribution in [3.63, 3.8) is 0 Å². The van der Waals surface area contributed by atoms with Crippen LogP contribution in [0.3, 0.4) is 0 Å². The van der Waals surface area contributed by atoms with Gasteiger partial charge in [0, 0.05) is 43.3 Å². The number of nitrogens with zero attached hydrogens (tertiary/aromatic N) is 7. The van der Waals surface area contributed by atoms with E-state index in [1.807, 2.05) is 34.9 Å². The third-order valence-electron chi connectivity index (χ3n) is 5.22.